The molecule has 0 unspecified atom stereocenters. The van der Waals surface area contributed by atoms with Gasteiger partial charge in [0.15, 0.2) is 0 Å². The van der Waals surface area contributed by atoms with Crippen molar-refractivity contribution in [1.82, 2.24) is 20.1 Å². The van der Waals surface area contributed by atoms with Gasteiger partial charge in [0.1, 0.15) is 6.10 Å². The van der Waals surface area contributed by atoms with E-state index in [2.05, 4.69) is 16.5 Å². The van der Waals surface area contributed by atoms with E-state index >= 15 is 0 Å². The largest absolute Gasteiger partial charge is 0.474 e. The Labute approximate surface area is 193 Å². The molecule has 0 aliphatic carbocycles. The van der Waals surface area contributed by atoms with E-state index in [1.165, 1.54) is 5.57 Å². The molecule has 2 saturated heterocycles. The number of carbonyl (C=O) groups is 1. The number of amides is 1. The molecule has 3 aliphatic heterocycles. The van der Waals surface area contributed by atoms with Gasteiger partial charge < -0.3 is 14.8 Å². The lowest BCUT2D eigenvalue weighted by molar-refractivity contribution is -0.119. The van der Waals surface area contributed by atoms with Gasteiger partial charge in [-0.1, -0.05) is 6.08 Å². The van der Waals surface area contributed by atoms with Crippen molar-refractivity contribution >= 4 is 28.1 Å². The Bertz CT molecular complexity index is 1160. The van der Waals surface area contributed by atoms with Gasteiger partial charge in [-0.3, -0.25) is 14.5 Å². The topological polar surface area (TPSA) is 90.6 Å². The summed E-state index contributed by atoms with van der Waals surface area (Å²) in [5.74, 6) is 1.28. The smallest absolute Gasteiger partial charge is 0.225 e. The molecule has 33 heavy (non-hydrogen) atoms. The summed E-state index contributed by atoms with van der Waals surface area (Å²) in [6.45, 7) is 6.30. The average Bonchev–Trinajstić information content (AvgIpc) is 3.35. The van der Waals surface area contributed by atoms with Crippen LogP contribution in [0.5, 0.6) is 5.88 Å². The highest BCUT2D eigenvalue weighted by Gasteiger charge is 2.29. The molecule has 1 amide bonds. The molecular formula is C25H31N5O3. The van der Waals surface area contributed by atoms with Crippen molar-refractivity contribution in [3.05, 3.63) is 35.8 Å². The summed E-state index contributed by atoms with van der Waals surface area (Å²) in [5.41, 5.74) is 4.95. The zero-order chi connectivity index (χ0) is 22.9. The van der Waals surface area contributed by atoms with Crippen molar-refractivity contribution in [3.63, 3.8) is 0 Å². The van der Waals surface area contributed by atoms with Gasteiger partial charge in [-0.05, 0) is 50.7 Å². The van der Waals surface area contributed by atoms with E-state index in [4.69, 9.17) is 19.5 Å². The van der Waals surface area contributed by atoms with Gasteiger partial charge >= 0.3 is 0 Å². The Morgan fingerprint density at radius 2 is 2.12 bits per heavy atom. The second kappa shape index (κ2) is 9.09. The van der Waals surface area contributed by atoms with Crippen molar-refractivity contribution in [2.45, 2.75) is 45.6 Å². The molecule has 0 radical (unpaired) electrons. The predicted molar refractivity (Wildman–Crippen MR) is 127 cm³/mol. The maximum absolute atomic E-state index is 11.7. The molecular weight excluding hydrogens is 418 g/mol. The molecule has 2 aromatic heterocycles. The number of fused-ring (bicyclic) bond motifs is 1. The zero-order valence-corrected chi connectivity index (χ0v) is 19.5. The third-order valence-electron chi connectivity index (χ3n) is 6.93. The molecule has 8 nitrogen and oxygen atoms in total. The van der Waals surface area contributed by atoms with Gasteiger partial charge in [0.05, 0.1) is 16.6 Å². The first-order valence-corrected chi connectivity index (χ1v) is 11.8. The molecule has 5 heterocycles. The highest BCUT2D eigenvalue weighted by Crippen LogP contribution is 2.33. The SMILES string of the molecule is CC1=NC=C(C2CCOCC2)CC=C1c1cc2nn(C)cc2c(O[C@H](C)[C@H]2CNC(=O)C2)n1. The van der Waals surface area contributed by atoms with Gasteiger partial charge in [-0.15, -0.1) is 0 Å². The Morgan fingerprint density at radius 1 is 1.30 bits per heavy atom. The quantitative estimate of drug-likeness (QED) is 0.755. The van der Waals surface area contributed by atoms with Gasteiger partial charge in [-0.2, -0.15) is 5.10 Å². The first-order valence-electron chi connectivity index (χ1n) is 11.8. The molecule has 3 aliphatic rings. The van der Waals surface area contributed by atoms with E-state index in [1.54, 1.807) is 4.68 Å². The van der Waals surface area contributed by atoms with E-state index in [0.717, 1.165) is 60.4 Å². The van der Waals surface area contributed by atoms with Crippen LogP contribution in [0.1, 0.15) is 45.2 Å². The van der Waals surface area contributed by atoms with E-state index in [-0.39, 0.29) is 17.9 Å². The monoisotopic (exact) mass is 449 g/mol. The molecule has 2 aromatic rings. The number of allylic oxidation sites excluding steroid dienone is 3. The van der Waals surface area contributed by atoms with Crippen LogP contribution in [0.4, 0.5) is 0 Å². The van der Waals surface area contributed by atoms with Crippen molar-refractivity contribution in [1.29, 1.82) is 0 Å². The number of nitrogens with zero attached hydrogens (tertiary/aromatic N) is 4. The van der Waals surface area contributed by atoms with E-state index in [9.17, 15) is 4.79 Å². The van der Waals surface area contributed by atoms with E-state index < -0.39 is 0 Å². The number of hydrogen-bond donors (Lipinski definition) is 1. The summed E-state index contributed by atoms with van der Waals surface area (Å²) >= 11 is 0. The number of hydrogen-bond acceptors (Lipinski definition) is 6. The standard InChI is InChI=1S/C25H31N5O3/c1-15-20(5-4-18(12-26-15)17-6-8-32-9-7-17)22-11-23-21(14-30(3)29-23)25(28-22)33-16(2)19-10-24(31)27-13-19/h5,11-12,14,16-17,19H,4,6-10,13H2,1-3H3,(H,27,31)/t16-,19-/m1/s1. The van der Waals surface area contributed by atoms with Crippen molar-refractivity contribution in [2.75, 3.05) is 19.8 Å². The van der Waals surface area contributed by atoms with E-state index in [0.29, 0.717) is 24.8 Å². The number of aryl methyl sites for hydroxylation is 1. The Balaban J connectivity index is 1.45. The Morgan fingerprint density at radius 3 is 2.88 bits per heavy atom. The highest BCUT2D eigenvalue weighted by molar-refractivity contribution is 6.23. The molecule has 0 aromatic carbocycles. The summed E-state index contributed by atoms with van der Waals surface area (Å²) in [6.07, 6.45) is 9.50. The number of nitrogens with one attached hydrogen (secondary N) is 1. The molecule has 0 spiro atoms. The lowest BCUT2D eigenvalue weighted by Crippen LogP contribution is -2.26. The van der Waals surface area contributed by atoms with Crippen LogP contribution in [-0.2, 0) is 16.6 Å². The molecule has 0 bridgehead atoms. The van der Waals surface area contributed by atoms with Crippen LogP contribution in [0.2, 0.25) is 0 Å². The first kappa shape index (κ1) is 21.8. The first-order chi connectivity index (χ1) is 16.0. The van der Waals surface area contributed by atoms with Crippen LogP contribution in [0.25, 0.3) is 16.5 Å². The molecule has 8 heteroatoms. The van der Waals surface area contributed by atoms with Crippen LogP contribution in [-0.4, -0.2) is 52.2 Å². The minimum atomic E-state index is -0.144. The maximum atomic E-state index is 11.7. The molecule has 0 saturated carbocycles. The minimum absolute atomic E-state index is 0.0759. The summed E-state index contributed by atoms with van der Waals surface area (Å²) < 4.78 is 13.6. The van der Waals surface area contributed by atoms with Crippen LogP contribution in [0, 0.1) is 11.8 Å². The van der Waals surface area contributed by atoms with Crippen molar-refractivity contribution in [3.8, 4) is 5.88 Å². The zero-order valence-electron chi connectivity index (χ0n) is 19.5. The van der Waals surface area contributed by atoms with Gasteiger partial charge in [0.25, 0.3) is 0 Å². The predicted octanol–water partition coefficient (Wildman–Crippen LogP) is 3.43. The summed E-state index contributed by atoms with van der Waals surface area (Å²) in [7, 11) is 1.90. The van der Waals surface area contributed by atoms with Crippen molar-refractivity contribution < 1.29 is 14.3 Å². The van der Waals surface area contributed by atoms with Crippen LogP contribution in [0.3, 0.4) is 0 Å². The lowest BCUT2D eigenvalue weighted by atomic mass is 9.89. The summed E-state index contributed by atoms with van der Waals surface area (Å²) in [6, 6.07) is 2.01. The van der Waals surface area contributed by atoms with E-state index in [1.807, 2.05) is 39.4 Å². The number of ether oxygens (including phenoxy) is 2. The number of rotatable bonds is 5. The van der Waals surface area contributed by atoms with Gasteiger partial charge in [0.2, 0.25) is 11.8 Å². The minimum Gasteiger partial charge on any atom is -0.474 e. The Kier molecular flexibility index (Phi) is 6.01. The number of aromatic nitrogens is 3. The molecule has 2 atom stereocenters. The summed E-state index contributed by atoms with van der Waals surface area (Å²) in [5, 5.41) is 8.38. The maximum Gasteiger partial charge on any atom is 0.225 e. The number of carbonyl (C=O) groups excluding carboxylic acids is 1. The Hall–Kier alpha value is -3.00. The van der Waals surface area contributed by atoms with Gasteiger partial charge in [-0.25, -0.2) is 4.98 Å². The normalized spacial score (nSPS) is 22.9. The third kappa shape index (κ3) is 4.57. The van der Waals surface area contributed by atoms with Gasteiger partial charge in [0, 0.05) is 62.8 Å². The lowest BCUT2D eigenvalue weighted by Gasteiger charge is -2.23. The van der Waals surface area contributed by atoms with Crippen molar-refractivity contribution in [2.24, 2.45) is 23.9 Å². The van der Waals surface area contributed by atoms with Crippen LogP contribution in [0.15, 0.2) is 35.1 Å². The molecule has 5 rings (SSSR count). The molecule has 174 valence electrons. The third-order valence-corrected chi connectivity index (χ3v) is 6.93. The molecule has 1 N–H and O–H groups in total. The number of aliphatic imine (C=N–C) groups is 1. The number of pyridine rings is 1. The second-order valence-corrected chi connectivity index (χ2v) is 9.27. The second-order valence-electron chi connectivity index (χ2n) is 9.27. The van der Waals surface area contributed by atoms with Crippen LogP contribution >= 0.6 is 0 Å². The fraction of sp³-hybridized carbons (Fsp3) is 0.520. The van der Waals surface area contributed by atoms with Crippen LogP contribution < -0.4 is 10.1 Å². The fourth-order valence-corrected chi connectivity index (χ4v) is 4.87. The highest BCUT2D eigenvalue weighted by atomic mass is 16.5. The average molecular weight is 450 g/mol. The summed E-state index contributed by atoms with van der Waals surface area (Å²) in [4.78, 5) is 21.4. The fourth-order valence-electron chi connectivity index (χ4n) is 4.87. The molecule has 2 fully saturated rings.